The minimum atomic E-state index is 0.166. The Kier molecular flexibility index (Phi) is 6.69. The highest BCUT2D eigenvalue weighted by atomic mass is 16.1. The van der Waals surface area contributed by atoms with Crippen molar-refractivity contribution in [2.45, 2.75) is 58.4 Å². The van der Waals surface area contributed by atoms with Gasteiger partial charge < -0.3 is 5.32 Å². The van der Waals surface area contributed by atoms with Crippen LogP contribution in [0.25, 0.3) is 0 Å². The summed E-state index contributed by atoms with van der Waals surface area (Å²) in [5.41, 5.74) is 8.45. The van der Waals surface area contributed by atoms with Gasteiger partial charge in [0.05, 0.1) is 0 Å². The lowest BCUT2D eigenvalue weighted by molar-refractivity contribution is -0.120. The van der Waals surface area contributed by atoms with E-state index in [1.807, 2.05) is 0 Å². The minimum Gasteiger partial charge on any atom is -0.355 e. The van der Waals surface area contributed by atoms with Gasteiger partial charge in [-0.05, 0) is 55.7 Å². The van der Waals surface area contributed by atoms with E-state index >= 15 is 0 Å². The number of hydrogen-bond acceptors (Lipinski definition) is 2. The number of nitrogens with one attached hydrogen (secondary N) is 1. The van der Waals surface area contributed by atoms with Crippen molar-refractivity contribution in [3.8, 4) is 0 Å². The molecule has 2 aliphatic heterocycles. The van der Waals surface area contributed by atoms with Crippen LogP contribution >= 0.6 is 0 Å². The van der Waals surface area contributed by atoms with Crippen LogP contribution in [0.4, 0.5) is 0 Å². The van der Waals surface area contributed by atoms with Crippen molar-refractivity contribution in [3.63, 3.8) is 0 Å². The Balaban J connectivity index is 1.37. The fourth-order valence-corrected chi connectivity index (χ4v) is 5.05. The summed E-state index contributed by atoms with van der Waals surface area (Å²) in [6.45, 7) is 7.24. The van der Waals surface area contributed by atoms with Gasteiger partial charge >= 0.3 is 0 Å². The molecule has 2 heterocycles. The zero-order chi connectivity index (χ0) is 20.9. The molecule has 1 atom stereocenters. The number of benzene rings is 1. The van der Waals surface area contributed by atoms with E-state index in [1.165, 1.54) is 33.4 Å². The molecule has 3 aliphatic rings. The molecular weight excluding hydrogens is 368 g/mol. The first kappa shape index (κ1) is 20.9. The van der Waals surface area contributed by atoms with Gasteiger partial charge in [0, 0.05) is 32.1 Å². The van der Waals surface area contributed by atoms with Crippen LogP contribution in [0.2, 0.25) is 0 Å². The molecule has 1 N–H and O–H groups in total. The van der Waals surface area contributed by atoms with Crippen LogP contribution in [0.5, 0.6) is 0 Å². The second-order valence-corrected chi connectivity index (χ2v) is 8.84. The lowest BCUT2D eigenvalue weighted by Gasteiger charge is -2.42. The number of fused-ring (bicyclic) bond motifs is 3. The van der Waals surface area contributed by atoms with Gasteiger partial charge in [-0.1, -0.05) is 72.2 Å². The quantitative estimate of drug-likeness (QED) is 0.644. The topological polar surface area (TPSA) is 32.3 Å². The van der Waals surface area contributed by atoms with Gasteiger partial charge in [-0.25, -0.2) is 0 Å². The molecular formula is C27H34N2O. The molecule has 1 aromatic carbocycles. The maximum atomic E-state index is 12.7. The molecule has 0 unspecified atom stereocenters. The van der Waals surface area contributed by atoms with E-state index in [1.54, 1.807) is 0 Å². The van der Waals surface area contributed by atoms with Crippen LogP contribution in [0.1, 0.15) is 63.1 Å². The molecule has 0 fully saturated rings. The molecule has 30 heavy (non-hydrogen) atoms. The van der Waals surface area contributed by atoms with Gasteiger partial charge in [-0.15, -0.1) is 0 Å². The maximum absolute atomic E-state index is 12.7. The van der Waals surface area contributed by atoms with Crippen molar-refractivity contribution in [2.24, 2.45) is 0 Å². The number of amides is 1. The monoisotopic (exact) mass is 402 g/mol. The highest BCUT2D eigenvalue weighted by molar-refractivity contribution is 5.78. The molecule has 3 heteroatoms. The normalized spacial score (nSPS) is 21.3. The number of carbonyl (C=O) groups is 1. The number of carbonyl (C=O) groups excluding carboxylic acids is 1. The largest absolute Gasteiger partial charge is 0.355 e. The van der Waals surface area contributed by atoms with Gasteiger partial charge in [0.1, 0.15) is 0 Å². The maximum Gasteiger partial charge on any atom is 0.224 e. The Labute approximate surface area is 181 Å². The third-order valence-electron chi connectivity index (χ3n) is 6.71. The number of rotatable bonds is 6. The van der Waals surface area contributed by atoms with Gasteiger partial charge in [0.15, 0.2) is 0 Å². The standard InChI is InChI=1S/C27H34N2O/c1-3-22-19-29-15-13-23-10-6-7-11-25(23)26(29)17-24(22)18-27(30)28-14-12-21-9-5-4-8-20(2)16-21/h4-7,9-11,16,26H,3,8,12-15,17-19H2,1-2H3,(H,28,30)/t26-/m0/s1. The third kappa shape index (κ3) is 4.84. The van der Waals surface area contributed by atoms with E-state index < -0.39 is 0 Å². The zero-order valence-corrected chi connectivity index (χ0v) is 18.4. The van der Waals surface area contributed by atoms with Crippen LogP contribution in [0, 0.1) is 0 Å². The summed E-state index contributed by atoms with van der Waals surface area (Å²) in [6, 6.07) is 9.29. The number of nitrogens with zero attached hydrogens (tertiary/aromatic N) is 1. The fourth-order valence-electron chi connectivity index (χ4n) is 5.05. The van der Waals surface area contributed by atoms with E-state index in [0.29, 0.717) is 19.0 Å². The summed E-state index contributed by atoms with van der Waals surface area (Å²) in [6.07, 6.45) is 14.3. The molecule has 1 amide bonds. The minimum absolute atomic E-state index is 0.166. The third-order valence-corrected chi connectivity index (χ3v) is 6.71. The van der Waals surface area contributed by atoms with Gasteiger partial charge in [-0.2, -0.15) is 0 Å². The molecule has 0 spiro atoms. The Morgan fingerprint density at radius 1 is 1.23 bits per heavy atom. The lowest BCUT2D eigenvalue weighted by atomic mass is 9.82. The Morgan fingerprint density at radius 2 is 2.10 bits per heavy atom. The summed E-state index contributed by atoms with van der Waals surface area (Å²) in [4.78, 5) is 15.4. The van der Waals surface area contributed by atoms with Crippen molar-refractivity contribution >= 4 is 5.91 Å². The summed E-state index contributed by atoms with van der Waals surface area (Å²) >= 11 is 0. The highest BCUT2D eigenvalue weighted by Gasteiger charge is 2.32. The Hall–Kier alpha value is -2.39. The van der Waals surface area contributed by atoms with Gasteiger partial charge in [0.2, 0.25) is 5.91 Å². The van der Waals surface area contributed by atoms with Crippen molar-refractivity contribution in [2.75, 3.05) is 19.6 Å². The van der Waals surface area contributed by atoms with Crippen molar-refractivity contribution in [1.82, 2.24) is 10.2 Å². The molecule has 1 aliphatic carbocycles. The van der Waals surface area contributed by atoms with E-state index in [9.17, 15) is 4.79 Å². The summed E-state index contributed by atoms with van der Waals surface area (Å²) in [5, 5.41) is 3.17. The molecule has 0 saturated carbocycles. The molecule has 0 bridgehead atoms. The summed E-state index contributed by atoms with van der Waals surface area (Å²) in [5.74, 6) is 0.166. The highest BCUT2D eigenvalue weighted by Crippen LogP contribution is 2.40. The lowest BCUT2D eigenvalue weighted by Crippen LogP contribution is -2.40. The van der Waals surface area contributed by atoms with E-state index in [-0.39, 0.29) is 5.91 Å². The zero-order valence-electron chi connectivity index (χ0n) is 18.4. The van der Waals surface area contributed by atoms with Crippen molar-refractivity contribution in [3.05, 3.63) is 82.0 Å². The first-order chi connectivity index (χ1) is 14.6. The Bertz CT molecular complexity index is 919. The van der Waals surface area contributed by atoms with Crippen LogP contribution in [-0.2, 0) is 11.2 Å². The van der Waals surface area contributed by atoms with Gasteiger partial charge in [-0.3, -0.25) is 9.69 Å². The predicted octanol–water partition coefficient (Wildman–Crippen LogP) is 5.43. The van der Waals surface area contributed by atoms with Crippen LogP contribution in [0.15, 0.2) is 70.9 Å². The SMILES string of the molecule is CCC1=C(CC(=O)NCCC2=CC=CCC(C)=C2)C[C@H]2c3ccccc3CCN2C1. The summed E-state index contributed by atoms with van der Waals surface area (Å²) in [7, 11) is 0. The summed E-state index contributed by atoms with van der Waals surface area (Å²) < 4.78 is 0. The van der Waals surface area contributed by atoms with Crippen molar-refractivity contribution in [1.29, 1.82) is 0 Å². The number of allylic oxidation sites excluding steroid dienone is 5. The molecule has 158 valence electrons. The van der Waals surface area contributed by atoms with E-state index in [4.69, 9.17) is 0 Å². The van der Waals surface area contributed by atoms with Gasteiger partial charge in [0.25, 0.3) is 0 Å². The first-order valence-corrected chi connectivity index (χ1v) is 11.4. The molecule has 0 saturated heterocycles. The van der Waals surface area contributed by atoms with E-state index in [2.05, 4.69) is 72.6 Å². The Morgan fingerprint density at radius 3 is 2.97 bits per heavy atom. The van der Waals surface area contributed by atoms with Crippen molar-refractivity contribution < 1.29 is 4.79 Å². The molecule has 3 nitrogen and oxygen atoms in total. The molecule has 4 rings (SSSR count). The molecule has 1 aromatic rings. The van der Waals surface area contributed by atoms with Crippen LogP contribution in [-0.4, -0.2) is 30.4 Å². The smallest absolute Gasteiger partial charge is 0.224 e. The molecule has 0 aromatic heterocycles. The van der Waals surface area contributed by atoms with Crippen LogP contribution < -0.4 is 5.32 Å². The average Bonchev–Trinajstić information content (AvgIpc) is 2.97. The second kappa shape index (κ2) is 9.61. The average molecular weight is 403 g/mol. The van der Waals surface area contributed by atoms with Crippen LogP contribution in [0.3, 0.4) is 0 Å². The second-order valence-electron chi connectivity index (χ2n) is 8.84. The fraction of sp³-hybridized carbons (Fsp3) is 0.444. The number of hydrogen-bond donors (Lipinski definition) is 1. The van der Waals surface area contributed by atoms with E-state index in [0.717, 1.165) is 45.2 Å². The predicted molar refractivity (Wildman–Crippen MR) is 124 cm³/mol. The first-order valence-electron chi connectivity index (χ1n) is 11.4. The molecule has 0 radical (unpaired) electrons.